The summed E-state index contributed by atoms with van der Waals surface area (Å²) in [6.07, 6.45) is 2.63. The predicted molar refractivity (Wildman–Crippen MR) is 130 cm³/mol. The Morgan fingerprint density at radius 3 is 2.24 bits per heavy atom. The van der Waals surface area contributed by atoms with Gasteiger partial charge in [0, 0.05) is 0 Å². The van der Waals surface area contributed by atoms with Crippen molar-refractivity contribution in [2.24, 2.45) is 11.8 Å². The Morgan fingerprint density at radius 1 is 0.941 bits per heavy atom. The number of esters is 1. The molecule has 3 N–H and O–H groups in total. The van der Waals surface area contributed by atoms with Gasteiger partial charge in [0.1, 0.15) is 24.2 Å². The van der Waals surface area contributed by atoms with Crippen LogP contribution in [-0.4, -0.2) is 41.9 Å². The third-order valence-electron chi connectivity index (χ3n) is 6.52. The van der Waals surface area contributed by atoms with Gasteiger partial charge in [-0.15, -0.1) is 0 Å². The van der Waals surface area contributed by atoms with Crippen LogP contribution in [0.4, 0.5) is 0 Å². The van der Waals surface area contributed by atoms with Gasteiger partial charge in [-0.25, -0.2) is 4.79 Å². The molecule has 0 unspecified atom stereocenters. The Kier molecular flexibility index (Phi) is 10.5. The molecule has 3 amide bonds. The number of amides is 3. The largest absolute Gasteiger partial charge is 0.460 e. The van der Waals surface area contributed by atoms with Gasteiger partial charge in [-0.3, -0.25) is 14.4 Å². The van der Waals surface area contributed by atoms with Crippen LogP contribution in [0.25, 0.3) is 0 Å². The zero-order valence-electron chi connectivity index (χ0n) is 20.9. The number of rotatable bonds is 7. The molecule has 8 nitrogen and oxygen atoms in total. The van der Waals surface area contributed by atoms with E-state index < -0.39 is 47.9 Å². The molecule has 2 rings (SSSR count). The lowest BCUT2D eigenvalue weighted by Gasteiger charge is -2.29. The first-order valence-corrected chi connectivity index (χ1v) is 12.3. The fraction of sp³-hybridized carbons (Fsp3) is 0.615. The van der Waals surface area contributed by atoms with E-state index in [0.29, 0.717) is 12.0 Å². The molecule has 8 heteroatoms. The van der Waals surface area contributed by atoms with Crippen molar-refractivity contribution in [1.29, 1.82) is 0 Å². The highest BCUT2D eigenvalue weighted by Gasteiger charge is 2.35. The molecule has 0 saturated carbocycles. The summed E-state index contributed by atoms with van der Waals surface area (Å²) in [5, 5.41) is 8.22. The Labute approximate surface area is 202 Å². The van der Waals surface area contributed by atoms with Crippen LogP contribution in [0.1, 0.15) is 78.3 Å². The summed E-state index contributed by atoms with van der Waals surface area (Å²) in [5.74, 6) is -2.16. The molecular weight excluding hydrogens is 434 g/mol. The lowest BCUT2D eigenvalue weighted by molar-refractivity contribution is -0.158. The molecule has 0 aliphatic carbocycles. The second-order valence-electron chi connectivity index (χ2n) is 9.31. The number of carbonyl (C=O) groups is 4. The second-order valence-corrected chi connectivity index (χ2v) is 9.31. The summed E-state index contributed by atoms with van der Waals surface area (Å²) in [7, 11) is 0. The highest BCUT2D eigenvalue weighted by atomic mass is 16.5. The molecule has 1 heterocycles. The monoisotopic (exact) mass is 473 g/mol. The third-order valence-corrected chi connectivity index (χ3v) is 6.52. The Morgan fingerprint density at radius 2 is 1.62 bits per heavy atom. The zero-order chi connectivity index (χ0) is 25.3. The van der Waals surface area contributed by atoms with E-state index in [1.807, 2.05) is 26.8 Å². The molecule has 1 saturated heterocycles. The highest BCUT2D eigenvalue weighted by molar-refractivity contribution is 5.94. The van der Waals surface area contributed by atoms with Crippen LogP contribution in [0.5, 0.6) is 0 Å². The van der Waals surface area contributed by atoms with Gasteiger partial charge in [0.05, 0.1) is 6.42 Å². The van der Waals surface area contributed by atoms with Crippen molar-refractivity contribution in [3.63, 3.8) is 0 Å². The Hall–Kier alpha value is -2.90. The molecule has 6 atom stereocenters. The van der Waals surface area contributed by atoms with Crippen molar-refractivity contribution in [3.8, 4) is 0 Å². The van der Waals surface area contributed by atoms with E-state index >= 15 is 0 Å². The quantitative estimate of drug-likeness (QED) is 0.527. The number of cyclic esters (lactones) is 1. The molecule has 1 aliphatic heterocycles. The fourth-order valence-corrected chi connectivity index (χ4v) is 3.95. The van der Waals surface area contributed by atoms with E-state index in [1.54, 1.807) is 31.2 Å². The standard InChI is InChI=1S/C26H39N3O5/c1-6-8-12-17(4)20-15-21(30)28-23(19-13-10-9-11-14-19)25(32)27-18(5)24(31)29-22(16(3)7-2)26(33)34-20/h9-11,13-14,16-18,20,22-23H,6-8,12,15H2,1-5H3,(H,27,32)(H,28,30)(H,29,31)/t16-,17-,18-,20-,22+,23-/m0/s1. The van der Waals surface area contributed by atoms with E-state index in [1.165, 1.54) is 0 Å². The van der Waals surface area contributed by atoms with E-state index in [4.69, 9.17) is 4.74 Å². The summed E-state index contributed by atoms with van der Waals surface area (Å²) in [4.78, 5) is 52.2. The van der Waals surface area contributed by atoms with Gasteiger partial charge in [0.25, 0.3) is 0 Å². The SMILES string of the molecule is CCCC[C@H](C)[C@@H]1CC(=O)N[C@@H](c2ccccc2)C(=O)N[C@@H](C)C(=O)N[C@H]([C@@H](C)CC)C(=O)O1. The molecule has 0 bridgehead atoms. The Balaban J connectivity index is 2.42. The minimum atomic E-state index is -0.975. The number of ether oxygens (including phenoxy) is 1. The van der Waals surface area contributed by atoms with Gasteiger partial charge in [-0.05, 0) is 30.7 Å². The second kappa shape index (κ2) is 13.1. The molecule has 0 spiro atoms. The number of unbranched alkanes of at least 4 members (excludes halogenated alkanes) is 1. The van der Waals surface area contributed by atoms with Gasteiger partial charge in [0.15, 0.2) is 0 Å². The van der Waals surface area contributed by atoms with Crippen LogP contribution in [0.3, 0.4) is 0 Å². The summed E-state index contributed by atoms with van der Waals surface area (Å²) in [6.45, 7) is 9.37. The normalized spacial score (nSPS) is 26.5. The molecule has 34 heavy (non-hydrogen) atoms. The van der Waals surface area contributed by atoms with Gasteiger partial charge >= 0.3 is 5.97 Å². The van der Waals surface area contributed by atoms with Crippen molar-refractivity contribution >= 4 is 23.7 Å². The van der Waals surface area contributed by atoms with E-state index in [9.17, 15) is 19.2 Å². The first-order valence-electron chi connectivity index (χ1n) is 12.3. The van der Waals surface area contributed by atoms with Crippen LogP contribution in [0.15, 0.2) is 30.3 Å². The molecule has 0 radical (unpaired) electrons. The number of hydrogen-bond acceptors (Lipinski definition) is 5. The van der Waals surface area contributed by atoms with Crippen molar-refractivity contribution in [1.82, 2.24) is 16.0 Å². The van der Waals surface area contributed by atoms with Gasteiger partial charge in [-0.1, -0.05) is 77.3 Å². The molecule has 1 aromatic carbocycles. The van der Waals surface area contributed by atoms with E-state index in [0.717, 1.165) is 19.3 Å². The lowest BCUT2D eigenvalue weighted by atomic mass is 9.94. The molecule has 188 valence electrons. The predicted octanol–water partition coefficient (Wildman–Crippen LogP) is 3.02. The zero-order valence-corrected chi connectivity index (χ0v) is 20.9. The van der Waals surface area contributed by atoms with Crippen LogP contribution in [-0.2, 0) is 23.9 Å². The molecular formula is C26H39N3O5. The average Bonchev–Trinajstić information content (AvgIpc) is 2.83. The average molecular weight is 474 g/mol. The van der Waals surface area contributed by atoms with Crippen molar-refractivity contribution in [3.05, 3.63) is 35.9 Å². The summed E-state index contributed by atoms with van der Waals surface area (Å²) in [6, 6.07) is 6.11. The Bertz CT molecular complexity index is 844. The van der Waals surface area contributed by atoms with E-state index in [2.05, 4.69) is 22.9 Å². The fourth-order valence-electron chi connectivity index (χ4n) is 3.95. The maximum atomic E-state index is 13.2. The molecule has 0 aromatic heterocycles. The third kappa shape index (κ3) is 7.57. The number of benzene rings is 1. The van der Waals surface area contributed by atoms with Crippen LogP contribution in [0.2, 0.25) is 0 Å². The van der Waals surface area contributed by atoms with Crippen molar-refractivity contribution < 1.29 is 23.9 Å². The number of nitrogens with one attached hydrogen (secondary N) is 3. The number of carbonyl (C=O) groups excluding carboxylic acids is 4. The van der Waals surface area contributed by atoms with Crippen molar-refractivity contribution in [2.75, 3.05) is 0 Å². The first-order chi connectivity index (χ1) is 16.2. The highest BCUT2D eigenvalue weighted by Crippen LogP contribution is 2.22. The van der Waals surface area contributed by atoms with Crippen LogP contribution < -0.4 is 16.0 Å². The minimum absolute atomic E-state index is 0.0593. The van der Waals surface area contributed by atoms with Crippen LogP contribution in [0, 0.1) is 11.8 Å². The van der Waals surface area contributed by atoms with Gasteiger partial charge < -0.3 is 20.7 Å². The van der Waals surface area contributed by atoms with Crippen molar-refractivity contribution in [2.45, 2.75) is 91.0 Å². The molecule has 1 fully saturated rings. The maximum Gasteiger partial charge on any atom is 0.329 e. The summed E-state index contributed by atoms with van der Waals surface area (Å²) < 4.78 is 5.86. The van der Waals surface area contributed by atoms with Gasteiger partial charge in [-0.2, -0.15) is 0 Å². The maximum absolute atomic E-state index is 13.2. The topological polar surface area (TPSA) is 114 Å². The molecule has 1 aromatic rings. The van der Waals surface area contributed by atoms with Gasteiger partial charge in [0.2, 0.25) is 17.7 Å². The smallest absolute Gasteiger partial charge is 0.329 e. The minimum Gasteiger partial charge on any atom is -0.460 e. The molecule has 1 aliphatic rings. The summed E-state index contributed by atoms with van der Waals surface area (Å²) in [5.41, 5.74) is 0.598. The van der Waals surface area contributed by atoms with E-state index in [-0.39, 0.29) is 18.3 Å². The van der Waals surface area contributed by atoms with Crippen LogP contribution >= 0.6 is 0 Å². The number of hydrogen-bond donors (Lipinski definition) is 3. The summed E-state index contributed by atoms with van der Waals surface area (Å²) >= 11 is 0. The first kappa shape index (κ1) is 27.3. The lowest BCUT2D eigenvalue weighted by Crippen LogP contribution is -2.54.